The third-order valence-electron chi connectivity index (χ3n) is 3.48. The first-order valence-electron chi connectivity index (χ1n) is 8.12. The molecule has 0 spiro atoms. The number of anilines is 3. The molecule has 3 aromatic rings. The maximum absolute atomic E-state index is 9.23. The molecule has 0 aliphatic rings. The molecule has 2 N–H and O–H groups in total. The monoisotopic (exact) mass is 319 g/mol. The molecular weight excluding hydrogens is 297 g/mol. The molecule has 0 bridgehead atoms. The Balaban J connectivity index is 0.00000100. The third-order valence-corrected chi connectivity index (χ3v) is 3.48. The molecule has 0 heterocycles. The van der Waals surface area contributed by atoms with Gasteiger partial charge in [0.15, 0.2) is 0 Å². The van der Waals surface area contributed by atoms with Crippen molar-refractivity contribution in [2.75, 3.05) is 4.90 Å². The minimum absolute atomic E-state index is 0.477. The molecule has 3 nitrogen and oxygen atoms in total. The Morgan fingerprint density at radius 3 is 1.33 bits per heavy atom. The number of rotatable bonds is 4. The van der Waals surface area contributed by atoms with Crippen molar-refractivity contribution >= 4 is 29.6 Å². The van der Waals surface area contributed by atoms with Crippen LogP contribution in [0.5, 0.6) is 0 Å². The molecule has 0 aliphatic heterocycles. The van der Waals surface area contributed by atoms with E-state index in [0.29, 0.717) is 5.46 Å². The summed E-state index contributed by atoms with van der Waals surface area (Å²) in [5.74, 6) is 0. The summed E-state index contributed by atoms with van der Waals surface area (Å²) in [7, 11) is -1.45. The van der Waals surface area contributed by atoms with Crippen molar-refractivity contribution in [3.63, 3.8) is 0 Å². The van der Waals surface area contributed by atoms with Gasteiger partial charge >= 0.3 is 7.12 Å². The van der Waals surface area contributed by atoms with Crippen LogP contribution in [0.3, 0.4) is 0 Å². The van der Waals surface area contributed by atoms with Crippen LogP contribution in [-0.4, -0.2) is 17.2 Å². The van der Waals surface area contributed by atoms with Crippen molar-refractivity contribution < 1.29 is 10.0 Å². The lowest BCUT2D eigenvalue weighted by Gasteiger charge is -2.25. The zero-order chi connectivity index (χ0) is 17.4. The highest BCUT2D eigenvalue weighted by molar-refractivity contribution is 6.58. The van der Waals surface area contributed by atoms with E-state index in [2.05, 4.69) is 4.90 Å². The first-order chi connectivity index (χ1) is 11.8. The number of hydrogen-bond donors (Lipinski definition) is 2. The molecule has 0 amide bonds. The van der Waals surface area contributed by atoms with Gasteiger partial charge in [0.1, 0.15) is 0 Å². The van der Waals surface area contributed by atoms with E-state index in [1.807, 2.05) is 86.6 Å². The van der Waals surface area contributed by atoms with Gasteiger partial charge in [0, 0.05) is 17.1 Å². The van der Waals surface area contributed by atoms with Gasteiger partial charge < -0.3 is 14.9 Å². The topological polar surface area (TPSA) is 43.7 Å². The van der Waals surface area contributed by atoms with E-state index >= 15 is 0 Å². The summed E-state index contributed by atoms with van der Waals surface area (Å²) in [6, 6.07) is 27.3. The number of benzene rings is 3. The van der Waals surface area contributed by atoms with Crippen molar-refractivity contribution in [1.29, 1.82) is 0 Å². The van der Waals surface area contributed by atoms with Gasteiger partial charge in [-0.3, -0.25) is 0 Å². The minimum atomic E-state index is -1.45. The highest BCUT2D eigenvalue weighted by atomic mass is 16.4. The summed E-state index contributed by atoms with van der Waals surface area (Å²) >= 11 is 0. The summed E-state index contributed by atoms with van der Waals surface area (Å²) < 4.78 is 0. The van der Waals surface area contributed by atoms with E-state index in [4.69, 9.17) is 0 Å². The van der Waals surface area contributed by atoms with Crippen LogP contribution in [-0.2, 0) is 0 Å². The zero-order valence-corrected chi connectivity index (χ0v) is 14.0. The van der Waals surface area contributed by atoms with Gasteiger partial charge in [-0.1, -0.05) is 62.4 Å². The second-order valence-electron chi connectivity index (χ2n) is 4.97. The number of hydrogen-bond acceptors (Lipinski definition) is 3. The fourth-order valence-corrected chi connectivity index (χ4v) is 2.40. The van der Waals surface area contributed by atoms with Gasteiger partial charge in [-0.05, 0) is 41.9 Å². The molecule has 3 aromatic carbocycles. The fourth-order valence-electron chi connectivity index (χ4n) is 2.40. The van der Waals surface area contributed by atoms with Crippen LogP contribution < -0.4 is 10.4 Å². The molecule has 0 atom stereocenters. The molecule has 4 heteroatoms. The molecule has 0 aliphatic carbocycles. The Bertz CT molecular complexity index is 676. The number of para-hydroxylation sites is 2. The van der Waals surface area contributed by atoms with Crippen molar-refractivity contribution in [3.05, 3.63) is 84.9 Å². The quantitative estimate of drug-likeness (QED) is 0.718. The average Bonchev–Trinajstić information content (AvgIpc) is 2.66. The second-order valence-corrected chi connectivity index (χ2v) is 4.97. The number of nitrogens with zero attached hydrogens (tertiary/aromatic N) is 1. The Morgan fingerprint density at radius 1 is 0.583 bits per heavy atom. The summed E-state index contributed by atoms with van der Waals surface area (Å²) in [6.07, 6.45) is 0. The molecule has 0 radical (unpaired) electrons. The van der Waals surface area contributed by atoms with Crippen LogP contribution in [0, 0.1) is 0 Å². The summed E-state index contributed by atoms with van der Waals surface area (Å²) in [4.78, 5) is 2.12. The van der Waals surface area contributed by atoms with Gasteiger partial charge in [-0.25, -0.2) is 0 Å². The maximum atomic E-state index is 9.23. The smallest absolute Gasteiger partial charge is 0.423 e. The van der Waals surface area contributed by atoms with Gasteiger partial charge in [-0.2, -0.15) is 0 Å². The highest BCUT2D eigenvalue weighted by Crippen LogP contribution is 2.33. The molecule has 24 heavy (non-hydrogen) atoms. The van der Waals surface area contributed by atoms with E-state index in [1.54, 1.807) is 12.1 Å². The van der Waals surface area contributed by atoms with Crippen molar-refractivity contribution in [3.8, 4) is 0 Å². The molecule has 0 aromatic heterocycles. The van der Waals surface area contributed by atoms with Gasteiger partial charge in [0.2, 0.25) is 0 Å². The largest absolute Gasteiger partial charge is 0.488 e. The Morgan fingerprint density at radius 2 is 0.958 bits per heavy atom. The minimum Gasteiger partial charge on any atom is -0.423 e. The van der Waals surface area contributed by atoms with Gasteiger partial charge in [0.25, 0.3) is 0 Å². The van der Waals surface area contributed by atoms with Crippen LogP contribution in [0.25, 0.3) is 0 Å². The fraction of sp³-hybridized carbons (Fsp3) is 0.100. The molecule has 0 saturated carbocycles. The van der Waals surface area contributed by atoms with Crippen LogP contribution in [0.4, 0.5) is 17.1 Å². The SMILES string of the molecule is CC.OB(O)c1ccc(N(c2ccccc2)c2ccccc2)cc1. The van der Waals surface area contributed by atoms with E-state index in [-0.39, 0.29) is 0 Å². The van der Waals surface area contributed by atoms with Crippen LogP contribution in [0.15, 0.2) is 84.9 Å². The third kappa shape index (κ3) is 4.25. The molecular formula is C20H22BNO2. The Hall–Kier alpha value is -2.56. The van der Waals surface area contributed by atoms with E-state index < -0.39 is 7.12 Å². The lowest BCUT2D eigenvalue weighted by Crippen LogP contribution is -2.29. The first-order valence-corrected chi connectivity index (χ1v) is 8.12. The maximum Gasteiger partial charge on any atom is 0.488 e. The average molecular weight is 319 g/mol. The predicted octanol–water partition coefficient (Wildman–Crippen LogP) is 3.86. The lowest BCUT2D eigenvalue weighted by molar-refractivity contribution is 0.426. The normalized spacial score (nSPS) is 9.67. The van der Waals surface area contributed by atoms with Crippen LogP contribution >= 0.6 is 0 Å². The van der Waals surface area contributed by atoms with E-state index in [1.165, 1.54) is 0 Å². The summed E-state index contributed by atoms with van der Waals surface area (Å²) in [5, 5.41) is 18.5. The first kappa shape index (κ1) is 17.8. The second kappa shape index (κ2) is 8.92. The van der Waals surface area contributed by atoms with Crippen molar-refractivity contribution in [1.82, 2.24) is 0 Å². The molecule has 122 valence electrons. The summed E-state index contributed by atoms with van der Waals surface area (Å²) in [5.41, 5.74) is 3.53. The standard InChI is InChI=1S/C18H16BNO2.C2H6/c21-19(22)15-11-13-18(14-12-15)20(16-7-3-1-4-8-16)17-9-5-2-6-10-17;1-2/h1-14,21-22H;1-2H3. The summed E-state index contributed by atoms with van der Waals surface area (Å²) in [6.45, 7) is 4.00. The molecule has 0 unspecified atom stereocenters. The lowest BCUT2D eigenvalue weighted by atomic mass is 9.80. The molecule has 3 rings (SSSR count). The van der Waals surface area contributed by atoms with E-state index in [9.17, 15) is 10.0 Å². The predicted molar refractivity (Wildman–Crippen MR) is 102 cm³/mol. The van der Waals surface area contributed by atoms with Crippen molar-refractivity contribution in [2.45, 2.75) is 13.8 Å². The van der Waals surface area contributed by atoms with Crippen LogP contribution in [0.1, 0.15) is 13.8 Å². The van der Waals surface area contributed by atoms with Gasteiger partial charge in [0.05, 0.1) is 0 Å². The van der Waals surface area contributed by atoms with E-state index in [0.717, 1.165) is 17.1 Å². The molecule has 0 fully saturated rings. The van der Waals surface area contributed by atoms with Crippen molar-refractivity contribution in [2.24, 2.45) is 0 Å². The molecule has 0 saturated heterocycles. The van der Waals surface area contributed by atoms with Crippen LogP contribution in [0.2, 0.25) is 0 Å². The van der Waals surface area contributed by atoms with Gasteiger partial charge in [-0.15, -0.1) is 0 Å². The Labute approximate surface area is 144 Å². The Kier molecular flexibility index (Phi) is 6.61. The zero-order valence-electron chi connectivity index (χ0n) is 14.0. The highest BCUT2D eigenvalue weighted by Gasteiger charge is 2.14.